The molecule has 0 saturated heterocycles. The lowest BCUT2D eigenvalue weighted by Gasteiger charge is -2.17. The van der Waals surface area contributed by atoms with Gasteiger partial charge in [0.2, 0.25) is 0 Å². The van der Waals surface area contributed by atoms with Crippen LogP contribution in [0.5, 0.6) is 0 Å². The number of benzene rings is 1. The summed E-state index contributed by atoms with van der Waals surface area (Å²) in [5.41, 5.74) is 1.96. The normalized spacial score (nSPS) is 16.3. The highest BCUT2D eigenvalue weighted by Crippen LogP contribution is 2.18. The lowest BCUT2D eigenvalue weighted by molar-refractivity contribution is 0.247. The minimum atomic E-state index is -0.0884. The van der Waals surface area contributed by atoms with E-state index >= 15 is 0 Å². The Bertz CT molecular complexity index is 420. The maximum Gasteiger partial charge on any atom is 0.319 e. The Balaban J connectivity index is 1.84. The summed E-state index contributed by atoms with van der Waals surface area (Å²) in [7, 11) is 4.00. The maximum atomic E-state index is 12.0. The zero-order valence-electron chi connectivity index (χ0n) is 12.5. The molecule has 0 spiro atoms. The topological polar surface area (TPSA) is 44.4 Å². The van der Waals surface area contributed by atoms with Crippen molar-refractivity contribution in [2.45, 2.75) is 44.6 Å². The van der Waals surface area contributed by atoms with E-state index in [-0.39, 0.29) is 6.03 Å². The Morgan fingerprint density at radius 1 is 1.05 bits per heavy atom. The van der Waals surface area contributed by atoms with Crippen LogP contribution in [0.1, 0.15) is 38.5 Å². The van der Waals surface area contributed by atoms with Crippen LogP contribution in [0.15, 0.2) is 24.3 Å². The first-order chi connectivity index (χ1) is 9.65. The number of hydrogen-bond donors (Lipinski definition) is 2. The van der Waals surface area contributed by atoms with E-state index in [1.807, 2.05) is 43.3 Å². The fourth-order valence-electron chi connectivity index (χ4n) is 2.62. The quantitative estimate of drug-likeness (QED) is 0.828. The zero-order valence-corrected chi connectivity index (χ0v) is 12.5. The van der Waals surface area contributed by atoms with Crippen LogP contribution < -0.4 is 15.5 Å². The van der Waals surface area contributed by atoms with Crippen LogP contribution in [-0.2, 0) is 0 Å². The molecular weight excluding hydrogens is 250 g/mol. The molecule has 1 saturated carbocycles. The molecule has 0 aliphatic heterocycles. The van der Waals surface area contributed by atoms with E-state index in [1.165, 1.54) is 25.7 Å². The van der Waals surface area contributed by atoms with Gasteiger partial charge in [0, 0.05) is 31.5 Å². The second-order valence-electron chi connectivity index (χ2n) is 5.73. The molecule has 1 aliphatic carbocycles. The van der Waals surface area contributed by atoms with Crippen molar-refractivity contribution in [2.75, 3.05) is 24.3 Å². The molecule has 4 nitrogen and oxygen atoms in total. The monoisotopic (exact) mass is 275 g/mol. The first kappa shape index (κ1) is 14.7. The fourth-order valence-corrected chi connectivity index (χ4v) is 2.62. The van der Waals surface area contributed by atoms with Gasteiger partial charge in [-0.2, -0.15) is 0 Å². The Labute approximate surface area is 121 Å². The molecule has 2 rings (SSSR count). The maximum absolute atomic E-state index is 12.0. The number of urea groups is 1. The summed E-state index contributed by atoms with van der Waals surface area (Å²) in [6, 6.07) is 8.11. The van der Waals surface area contributed by atoms with E-state index in [0.29, 0.717) is 6.04 Å². The number of carbonyl (C=O) groups excluding carboxylic acids is 1. The first-order valence-corrected chi connectivity index (χ1v) is 7.50. The van der Waals surface area contributed by atoms with Crippen molar-refractivity contribution in [3.63, 3.8) is 0 Å². The number of nitrogens with one attached hydrogen (secondary N) is 2. The molecule has 110 valence electrons. The Kier molecular flexibility index (Phi) is 5.27. The van der Waals surface area contributed by atoms with Gasteiger partial charge in [-0.05, 0) is 37.1 Å². The summed E-state index contributed by atoms with van der Waals surface area (Å²) in [6.07, 6.45) is 7.25. The molecule has 2 N–H and O–H groups in total. The third-order valence-electron chi connectivity index (χ3n) is 3.83. The van der Waals surface area contributed by atoms with Crippen LogP contribution in [0.2, 0.25) is 0 Å². The number of nitrogens with zero attached hydrogens (tertiary/aromatic N) is 1. The van der Waals surface area contributed by atoms with Crippen molar-refractivity contribution in [1.29, 1.82) is 0 Å². The van der Waals surface area contributed by atoms with Crippen LogP contribution >= 0.6 is 0 Å². The highest BCUT2D eigenvalue weighted by molar-refractivity contribution is 5.89. The average Bonchev–Trinajstić information content (AvgIpc) is 2.68. The van der Waals surface area contributed by atoms with E-state index < -0.39 is 0 Å². The number of amides is 2. The fraction of sp³-hybridized carbons (Fsp3) is 0.562. The van der Waals surface area contributed by atoms with E-state index in [0.717, 1.165) is 24.2 Å². The summed E-state index contributed by atoms with van der Waals surface area (Å²) in [5.74, 6) is 0. The molecule has 1 aliphatic rings. The minimum absolute atomic E-state index is 0.0884. The number of anilines is 2. The van der Waals surface area contributed by atoms with E-state index in [2.05, 4.69) is 10.6 Å². The van der Waals surface area contributed by atoms with Crippen molar-refractivity contribution >= 4 is 17.4 Å². The average molecular weight is 275 g/mol. The van der Waals surface area contributed by atoms with Gasteiger partial charge in [0.05, 0.1) is 0 Å². The second-order valence-corrected chi connectivity index (χ2v) is 5.73. The standard InChI is InChI=1S/C16H25N3O/c1-19(2)15-11-9-14(10-12-15)18-16(20)17-13-7-5-3-4-6-8-13/h9-13H,3-8H2,1-2H3,(H2,17,18,20). The molecule has 0 bridgehead atoms. The van der Waals surface area contributed by atoms with Crippen LogP contribution in [0.3, 0.4) is 0 Å². The molecule has 0 unspecified atom stereocenters. The van der Waals surface area contributed by atoms with Gasteiger partial charge in [0.1, 0.15) is 0 Å². The predicted octanol–water partition coefficient (Wildman–Crippen LogP) is 3.60. The smallest absolute Gasteiger partial charge is 0.319 e. The van der Waals surface area contributed by atoms with E-state index in [9.17, 15) is 4.79 Å². The highest BCUT2D eigenvalue weighted by Gasteiger charge is 2.14. The molecule has 1 aromatic carbocycles. The number of rotatable bonds is 3. The third kappa shape index (κ3) is 4.44. The summed E-state index contributed by atoms with van der Waals surface area (Å²) in [6.45, 7) is 0. The van der Waals surface area contributed by atoms with Gasteiger partial charge in [-0.3, -0.25) is 0 Å². The van der Waals surface area contributed by atoms with Crippen LogP contribution in [0.25, 0.3) is 0 Å². The Morgan fingerprint density at radius 3 is 2.20 bits per heavy atom. The van der Waals surface area contributed by atoms with Gasteiger partial charge in [-0.15, -0.1) is 0 Å². The third-order valence-corrected chi connectivity index (χ3v) is 3.83. The summed E-state index contributed by atoms with van der Waals surface area (Å²) >= 11 is 0. The van der Waals surface area contributed by atoms with E-state index in [4.69, 9.17) is 0 Å². The summed E-state index contributed by atoms with van der Waals surface area (Å²) < 4.78 is 0. The van der Waals surface area contributed by atoms with Gasteiger partial charge in [-0.1, -0.05) is 25.7 Å². The molecule has 4 heteroatoms. The van der Waals surface area contributed by atoms with Gasteiger partial charge < -0.3 is 15.5 Å². The van der Waals surface area contributed by atoms with Gasteiger partial charge in [0.25, 0.3) is 0 Å². The SMILES string of the molecule is CN(C)c1ccc(NC(=O)NC2CCCCCC2)cc1. The van der Waals surface area contributed by atoms with Crippen molar-refractivity contribution < 1.29 is 4.79 Å². The molecule has 20 heavy (non-hydrogen) atoms. The highest BCUT2D eigenvalue weighted by atomic mass is 16.2. The summed E-state index contributed by atoms with van der Waals surface area (Å²) in [4.78, 5) is 14.0. The van der Waals surface area contributed by atoms with Gasteiger partial charge in [0.15, 0.2) is 0 Å². The van der Waals surface area contributed by atoms with E-state index in [1.54, 1.807) is 0 Å². The van der Waals surface area contributed by atoms with Crippen LogP contribution in [-0.4, -0.2) is 26.2 Å². The molecule has 0 heterocycles. The largest absolute Gasteiger partial charge is 0.378 e. The second kappa shape index (κ2) is 7.17. The molecule has 0 aromatic heterocycles. The Morgan fingerprint density at radius 2 is 1.65 bits per heavy atom. The van der Waals surface area contributed by atoms with Crippen molar-refractivity contribution in [3.8, 4) is 0 Å². The molecule has 2 amide bonds. The lowest BCUT2D eigenvalue weighted by Crippen LogP contribution is -2.37. The molecule has 0 atom stereocenters. The zero-order chi connectivity index (χ0) is 14.4. The van der Waals surface area contributed by atoms with Gasteiger partial charge in [-0.25, -0.2) is 4.79 Å². The van der Waals surface area contributed by atoms with Gasteiger partial charge >= 0.3 is 6.03 Å². The molecule has 1 aromatic rings. The summed E-state index contributed by atoms with van der Waals surface area (Å²) in [5, 5.41) is 5.99. The predicted molar refractivity (Wildman–Crippen MR) is 84.4 cm³/mol. The van der Waals surface area contributed by atoms with Crippen molar-refractivity contribution in [1.82, 2.24) is 5.32 Å². The first-order valence-electron chi connectivity index (χ1n) is 7.50. The van der Waals surface area contributed by atoms with Crippen LogP contribution in [0.4, 0.5) is 16.2 Å². The van der Waals surface area contributed by atoms with Crippen molar-refractivity contribution in [3.05, 3.63) is 24.3 Å². The number of hydrogen-bond acceptors (Lipinski definition) is 2. The van der Waals surface area contributed by atoms with Crippen LogP contribution in [0, 0.1) is 0 Å². The molecule has 0 radical (unpaired) electrons. The number of carbonyl (C=O) groups is 1. The molecule has 1 fully saturated rings. The molecular formula is C16H25N3O. The minimum Gasteiger partial charge on any atom is -0.378 e. The van der Waals surface area contributed by atoms with Crippen molar-refractivity contribution in [2.24, 2.45) is 0 Å². The lowest BCUT2D eigenvalue weighted by atomic mass is 10.1. The Hall–Kier alpha value is -1.71.